The number of hydrogen-bond donors (Lipinski definition) is 2. The molecule has 110 valence electrons. The minimum atomic E-state index is -0.492. The van der Waals surface area contributed by atoms with E-state index < -0.39 is 5.78 Å². The van der Waals surface area contributed by atoms with Crippen LogP contribution in [0.25, 0.3) is 18.6 Å². The maximum atomic E-state index is 12.4. The highest BCUT2D eigenvalue weighted by molar-refractivity contribution is 6.22. The molecule has 0 radical (unpaired) electrons. The number of rotatable bonds is 4. The zero-order valence-electron chi connectivity index (χ0n) is 11.5. The van der Waals surface area contributed by atoms with Crippen LogP contribution in [-0.4, -0.2) is 27.3 Å². The molecule has 0 spiro atoms. The molecule has 2 aromatic rings. The number of hydrogen-bond acceptors (Lipinski definition) is 5. The van der Waals surface area contributed by atoms with Crippen LogP contribution in [0.4, 0.5) is 0 Å². The number of aliphatic hydroxyl groups is 2. The molecule has 1 aromatic heterocycles. The molecule has 0 aliphatic carbocycles. The van der Waals surface area contributed by atoms with E-state index in [1.165, 1.54) is 24.3 Å². The Morgan fingerprint density at radius 1 is 1.05 bits per heavy atom. The van der Waals surface area contributed by atoms with Gasteiger partial charge in [-0.15, -0.1) is 0 Å². The van der Waals surface area contributed by atoms with E-state index in [9.17, 15) is 9.59 Å². The Bertz CT molecular complexity index is 839. The van der Waals surface area contributed by atoms with Crippen LogP contribution in [0, 0.1) is 0 Å². The third kappa shape index (κ3) is 3.27. The van der Waals surface area contributed by atoms with Crippen molar-refractivity contribution in [2.75, 3.05) is 0 Å². The van der Waals surface area contributed by atoms with Gasteiger partial charge in [0.25, 0.3) is 0 Å². The minimum absolute atomic E-state index is 0.0525. The quantitative estimate of drug-likeness (QED) is 0.290. The Morgan fingerprint density at radius 3 is 2.41 bits per heavy atom. The first-order valence-electron chi connectivity index (χ1n) is 6.41. The molecule has 0 amide bonds. The minimum Gasteiger partial charge on any atom is -0.515 e. The van der Waals surface area contributed by atoms with Crippen molar-refractivity contribution in [2.24, 2.45) is 0 Å². The molecule has 22 heavy (non-hydrogen) atoms. The third-order valence-corrected chi connectivity index (χ3v) is 3.01. The van der Waals surface area contributed by atoms with Gasteiger partial charge in [0, 0.05) is 22.2 Å². The van der Waals surface area contributed by atoms with Gasteiger partial charge < -0.3 is 10.2 Å². The van der Waals surface area contributed by atoms with Crippen molar-refractivity contribution in [3.8, 4) is 0 Å². The van der Waals surface area contributed by atoms with Crippen molar-refractivity contribution in [3.63, 3.8) is 0 Å². The fraction of sp³-hybridized carbons (Fsp3) is 0. The topological polar surface area (TPSA) is 87.5 Å². The number of aromatic nitrogens is 1. The summed E-state index contributed by atoms with van der Waals surface area (Å²) in [5.41, 5.74) is 0.663. The summed E-state index contributed by atoms with van der Waals surface area (Å²) in [5, 5.41) is 18.8. The van der Waals surface area contributed by atoms with E-state index in [-0.39, 0.29) is 16.4 Å². The predicted molar refractivity (Wildman–Crippen MR) is 82.5 cm³/mol. The van der Waals surface area contributed by atoms with Crippen LogP contribution in [-0.2, 0) is 4.79 Å². The van der Waals surface area contributed by atoms with E-state index in [0.717, 1.165) is 12.5 Å². The number of aldehydes is 1. The maximum Gasteiger partial charge on any atom is 0.196 e. The van der Waals surface area contributed by atoms with Crippen LogP contribution >= 0.6 is 0 Å². The number of carbonyl (C=O) groups excluding carboxylic acids is 2. The Labute approximate surface area is 126 Å². The van der Waals surface area contributed by atoms with Gasteiger partial charge in [0.1, 0.15) is 0 Å². The number of carbonyl (C=O) groups is 2. The number of nitrogens with zero attached hydrogens (tertiary/aromatic N) is 1. The number of aliphatic hydroxyl groups excluding tert-OH is 2. The van der Waals surface area contributed by atoms with E-state index in [4.69, 9.17) is 10.2 Å². The highest BCUT2D eigenvalue weighted by Gasteiger charge is 2.12. The second-order valence-corrected chi connectivity index (χ2v) is 4.40. The molecule has 0 aliphatic heterocycles. The summed E-state index contributed by atoms with van der Waals surface area (Å²) >= 11 is 0. The fourth-order valence-electron chi connectivity index (χ4n) is 1.89. The number of allylic oxidation sites excluding steroid dienone is 1. The van der Waals surface area contributed by atoms with Crippen molar-refractivity contribution in [1.82, 2.24) is 4.98 Å². The summed E-state index contributed by atoms with van der Waals surface area (Å²) in [6.07, 6.45) is 5.02. The lowest BCUT2D eigenvalue weighted by Crippen LogP contribution is -2.26. The molecule has 1 aromatic carbocycles. The molecule has 0 aliphatic rings. The first-order chi connectivity index (χ1) is 10.7. The standard InChI is InChI=1S/C17H13NO4/c19-9-13-5-4-12(7-14(13)10-20)17(22)15(11-21)8-16-3-1-2-6-18-16/h1-11,19-20H/b13-9+,14-10+,15-8+. The van der Waals surface area contributed by atoms with Crippen molar-refractivity contribution in [3.05, 3.63) is 69.9 Å². The van der Waals surface area contributed by atoms with Crippen molar-refractivity contribution in [1.29, 1.82) is 0 Å². The molecule has 0 saturated carbocycles. The van der Waals surface area contributed by atoms with E-state index in [1.807, 2.05) is 0 Å². The Hall–Kier alpha value is -3.21. The summed E-state index contributed by atoms with van der Waals surface area (Å²) in [5.74, 6) is -0.492. The molecule has 0 fully saturated rings. The van der Waals surface area contributed by atoms with Crippen molar-refractivity contribution >= 4 is 30.7 Å². The molecule has 0 saturated heterocycles. The zero-order chi connectivity index (χ0) is 15.9. The lowest BCUT2D eigenvalue weighted by atomic mass is 10.0. The zero-order valence-corrected chi connectivity index (χ0v) is 11.5. The largest absolute Gasteiger partial charge is 0.515 e. The van der Waals surface area contributed by atoms with Crippen LogP contribution < -0.4 is 10.4 Å². The highest BCUT2D eigenvalue weighted by Crippen LogP contribution is 2.08. The number of pyridine rings is 1. The SMILES string of the molecule is O=C/C(=C\c1ccccn1)C(=O)c1ccc(=C\O)/c(=C/O)c1. The first-order valence-corrected chi connectivity index (χ1v) is 6.41. The van der Waals surface area contributed by atoms with Crippen molar-refractivity contribution in [2.45, 2.75) is 0 Å². The number of ketones is 1. The fourth-order valence-corrected chi connectivity index (χ4v) is 1.89. The lowest BCUT2D eigenvalue weighted by molar-refractivity contribution is -0.104. The Kier molecular flexibility index (Phi) is 4.82. The van der Waals surface area contributed by atoms with Gasteiger partial charge in [0.05, 0.1) is 23.8 Å². The van der Waals surface area contributed by atoms with Crippen LogP contribution in [0.2, 0.25) is 0 Å². The second-order valence-electron chi connectivity index (χ2n) is 4.40. The van der Waals surface area contributed by atoms with Crippen LogP contribution in [0.3, 0.4) is 0 Å². The van der Waals surface area contributed by atoms with Gasteiger partial charge in [0.15, 0.2) is 12.1 Å². The van der Waals surface area contributed by atoms with E-state index in [2.05, 4.69) is 4.98 Å². The van der Waals surface area contributed by atoms with E-state index >= 15 is 0 Å². The van der Waals surface area contributed by atoms with Gasteiger partial charge in [0.2, 0.25) is 0 Å². The van der Waals surface area contributed by atoms with Crippen LogP contribution in [0.15, 0.2) is 48.2 Å². The molecule has 0 bridgehead atoms. The molecule has 5 nitrogen and oxygen atoms in total. The average Bonchev–Trinajstić information content (AvgIpc) is 2.59. The summed E-state index contributed by atoms with van der Waals surface area (Å²) in [7, 11) is 0. The third-order valence-electron chi connectivity index (χ3n) is 3.01. The number of Topliss-reactive ketones (excluding diaryl/α,β-unsaturated/α-hetero) is 1. The van der Waals surface area contributed by atoms with Crippen LogP contribution in [0.1, 0.15) is 16.1 Å². The second kappa shape index (κ2) is 6.99. The average molecular weight is 295 g/mol. The monoisotopic (exact) mass is 295 g/mol. The molecule has 2 rings (SSSR count). The Balaban J connectivity index is 2.46. The molecule has 2 N–H and O–H groups in total. The summed E-state index contributed by atoms with van der Waals surface area (Å²) in [6.45, 7) is 0. The summed E-state index contributed by atoms with van der Waals surface area (Å²) < 4.78 is 0. The first kappa shape index (κ1) is 15.2. The molecular weight excluding hydrogens is 282 g/mol. The van der Waals surface area contributed by atoms with Crippen LogP contribution in [0.5, 0.6) is 0 Å². The number of benzene rings is 1. The smallest absolute Gasteiger partial charge is 0.196 e. The summed E-state index contributed by atoms with van der Waals surface area (Å²) in [6, 6.07) is 9.48. The highest BCUT2D eigenvalue weighted by atomic mass is 16.2. The van der Waals surface area contributed by atoms with E-state index in [0.29, 0.717) is 17.2 Å². The van der Waals surface area contributed by atoms with E-state index in [1.54, 1.807) is 24.4 Å². The normalized spacial score (nSPS) is 13.2. The Morgan fingerprint density at radius 2 is 1.82 bits per heavy atom. The van der Waals surface area contributed by atoms with Gasteiger partial charge in [-0.1, -0.05) is 18.2 Å². The van der Waals surface area contributed by atoms with Gasteiger partial charge in [-0.05, 0) is 24.3 Å². The van der Waals surface area contributed by atoms with Gasteiger partial charge in [-0.2, -0.15) is 0 Å². The predicted octanol–water partition coefficient (Wildman–Crippen LogP) is 1.14. The van der Waals surface area contributed by atoms with Crippen molar-refractivity contribution < 1.29 is 19.8 Å². The molecule has 0 atom stereocenters. The lowest BCUT2D eigenvalue weighted by Gasteiger charge is -2.01. The molecular formula is C17H13NO4. The maximum absolute atomic E-state index is 12.4. The van der Waals surface area contributed by atoms with Gasteiger partial charge in [-0.3, -0.25) is 14.6 Å². The molecule has 5 heteroatoms. The van der Waals surface area contributed by atoms with Gasteiger partial charge in [-0.25, -0.2) is 0 Å². The van der Waals surface area contributed by atoms with Gasteiger partial charge >= 0.3 is 0 Å². The molecule has 1 heterocycles. The summed E-state index contributed by atoms with van der Waals surface area (Å²) in [4.78, 5) is 27.6. The molecule has 0 unspecified atom stereocenters.